The van der Waals surface area contributed by atoms with Gasteiger partial charge in [0, 0.05) is 5.69 Å². The number of nitrogen functional groups attached to an aromatic ring is 1. The Morgan fingerprint density at radius 2 is 1.95 bits per heavy atom. The number of nitrogens with zero attached hydrogens (tertiary/aromatic N) is 1. The van der Waals surface area contributed by atoms with E-state index in [0.717, 1.165) is 12.1 Å². The Bertz CT molecular complexity index is 579. The second kappa shape index (κ2) is 6.70. The molecule has 0 saturated heterocycles. The van der Waals surface area contributed by atoms with Gasteiger partial charge in [0.05, 0.1) is 0 Å². The first-order valence-electron chi connectivity index (χ1n) is 6.82. The highest BCUT2D eigenvalue weighted by Crippen LogP contribution is 2.13. The molecule has 1 amide bonds. The zero-order valence-electron chi connectivity index (χ0n) is 11.6. The Hall–Kier alpha value is -2.36. The predicted octanol–water partition coefficient (Wildman–Crippen LogP) is 3.26. The molecule has 4 nitrogen and oxygen atoms in total. The second-order valence-corrected chi connectivity index (χ2v) is 4.70. The summed E-state index contributed by atoms with van der Waals surface area (Å²) in [4.78, 5) is 16.0. The lowest BCUT2D eigenvalue weighted by Gasteiger charge is -2.06. The largest absolute Gasteiger partial charge is 0.384 e. The quantitative estimate of drug-likeness (QED) is 0.875. The van der Waals surface area contributed by atoms with Gasteiger partial charge in [-0.25, -0.2) is 4.98 Å². The van der Waals surface area contributed by atoms with E-state index in [9.17, 15) is 4.79 Å². The van der Waals surface area contributed by atoms with Crippen molar-refractivity contribution in [3.05, 3.63) is 53.7 Å². The fraction of sp³-hybridized carbons (Fsp3) is 0.250. The summed E-state index contributed by atoms with van der Waals surface area (Å²) in [7, 11) is 0. The number of nitrogens with two attached hydrogens (primary N) is 1. The minimum absolute atomic E-state index is 0.251. The third kappa shape index (κ3) is 3.82. The van der Waals surface area contributed by atoms with Gasteiger partial charge in [0.15, 0.2) is 0 Å². The fourth-order valence-electron chi connectivity index (χ4n) is 1.91. The summed E-state index contributed by atoms with van der Waals surface area (Å²) in [6.45, 7) is 2.17. The molecular formula is C16H19N3O. The van der Waals surface area contributed by atoms with E-state index >= 15 is 0 Å². The molecule has 0 aliphatic carbocycles. The molecule has 0 aliphatic heterocycles. The van der Waals surface area contributed by atoms with Gasteiger partial charge in [-0.3, -0.25) is 4.79 Å². The molecule has 0 bridgehead atoms. The van der Waals surface area contributed by atoms with Gasteiger partial charge < -0.3 is 11.1 Å². The van der Waals surface area contributed by atoms with Crippen LogP contribution in [0.1, 0.15) is 35.8 Å². The maximum absolute atomic E-state index is 12.0. The first-order valence-corrected chi connectivity index (χ1v) is 6.82. The molecule has 1 aromatic heterocycles. The van der Waals surface area contributed by atoms with Gasteiger partial charge in [-0.05, 0) is 42.7 Å². The first kappa shape index (κ1) is 14.1. The van der Waals surface area contributed by atoms with Crippen LogP contribution in [0.3, 0.4) is 0 Å². The van der Waals surface area contributed by atoms with Crippen LogP contribution in [0.15, 0.2) is 42.5 Å². The summed E-state index contributed by atoms with van der Waals surface area (Å²) >= 11 is 0. The summed E-state index contributed by atoms with van der Waals surface area (Å²) in [6, 6.07) is 12.9. The normalized spacial score (nSPS) is 10.2. The Kier molecular flexibility index (Phi) is 4.71. The van der Waals surface area contributed by atoms with Crippen LogP contribution in [0, 0.1) is 0 Å². The van der Waals surface area contributed by atoms with Gasteiger partial charge in [-0.15, -0.1) is 0 Å². The molecule has 0 saturated carbocycles. The molecule has 1 heterocycles. The van der Waals surface area contributed by atoms with Crippen molar-refractivity contribution >= 4 is 17.4 Å². The molecule has 3 N–H and O–H groups in total. The molecule has 0 unspecified atom stereocenters. The predicted molar refractivity (Wildman–Crippen MR) is 81.7 cm³/mol. The number of benzene rings is 1. The summed E-state index contributed by atoms with van der Waals surface area (Å²) in [5.74, 6) is 0.0890. The number of hydrogen-bond donors (Lipinski definition) is 2. The maximum atomic E-state index is 12.0. The Morgan fingerprint density at radius 3 is 2.60 bits per heavy atom. The van der Waals surface area contributed by atoms with Gasteiger partial charge in [-0.2, -0.15) is 0 Å². The van der Waals surface area contributed by atoms with Gasteiger partial charge in [0.1, 0.15) is 11.5 Å². The monoisotopic (exact) mass is 269 g/mol. The third-order valence-corrected chi connectivity index (χ3v) is 3.03. The molecule has 4 heteroatoms. The van der Waals surface area contributed by atoms with E-state index in [4.69, 9.17) is 5.73 Å². The number of nitrogens with one attached hydrogen (secondary N) is 1. The van der Waals surface area contributed by atoms with Crippen molar-refractivity contribution in [2.75, 3.05) is 11.1 Å². The van der Waals surface area contributed by atoms with Crippen molar-refractivity contribution in [3.8, 4) is 0 Å². The van der Waals surface area contributed by atoms with Crippen LogP contribution in [-0.2, 0) is 6.42 Å². The number of carbonyl (C=O) groups excluding carboxylic acids is 1. The minimum atomic E-state index is -0.251. The van der Waals surface area contributed by atoms with Crippen LogP contribution in [0.2, 0.25) is 0 Å². The highest BCUT2D eigenvalue weighted by atomic mass is 16.1. The summed E-state index contributed by atoms with van der Waals surface area (Å²) in [6.07, 6.45) is 3.43. The summed E-state index contributed by atoms with van der Waals surface area (Å²) in [5.41, 5.74) is 7.93. The van der Waals surface area contributed by atoms with Crippen molar-refractivity contribution < 1.29 is 4.79 Å². The minimum Gasteiger partial charge on any atom is -0.384 e. The van der Waals surface area contributed by atoms with Crippen molar-refractivity contribution in [3.63, 3.8) is 0 Å². The maximum Gasteiger partial charge on any atom is 0.274 e. The molecule has 0 fully saturated rings. The summed E-state index contributed by atoms with van der Waals surface area (Å²) in [5, 5.41) is 2.81. The van der Waals surface area contributed by atoms with Crippen LogP contribution in [0.5, 0.6) is 0 Å². The standard InChI is InChI=1S/C16H19N3O/c1-2-3-5-12-8-10-13(11-9-12)18-16(20)14-6-4-7-15(17)19-14/h4,6-11H,2-3,5H2,1H3,(H2,17,19)(H,18,20). The van der Waals surface area contributed by atoms with Crippen LogP contribution >= 0.6 is 0 Å². The Morgan fingerprint density at radius 1 is 1.20 bits per heavy atom. The Labute approximate surface area is 119 Å². The number of aryl methyl sites for hydroxylation is 1. The number of rotatable bonds is 5. The van der Waals surface area contributed by atoms with E-state index in [1.54, 1.807) is 18.2 Å². The fourth-order valence-corrected chi connectivity index (χ4v) is 1.91. The third-order valence-electron chi connectivity index (χ3n) is 3.03. The van der Waals surface area contributed by atoms with E-state index < -0.39 is 0 Å². The smallest absolute Gasteiger partial charge is 0.274 e. The lowest BCUT2D eigenvalue weighted by Crippen LogP contribution is -2.14. The van der Waals surface area contributed by atoms with Gasteiger partial charge in [-0.1, -0.05) is 31.5 Å². The average molecular weight is 269 g/mol. The van der Waals surface area contributed by atoms with Crippen molar-refractivity contribution in [1.29, 1.82) is 0 Å². The molecule has 0 atom stereocenters. The molecule has 20 heavy (non-hydrogen) atoms. The van der Waals surface area contributed by atoms with Crippen molar-refractivity contribution in [2.24, 2.45) is 0 Å². The Balaban J connectivity index is 2.01. The number of unbranched alkanes of at least 4 members (excludes halogenated alkanes) is 1. The van der Waals surface area contributed by atoms with E-state index in [1.807, 2.05) is 24.3 Å². The highest BCUT2D eigenvalue weighted by molar-refractivity contribution is 6.03. The zero-order valence-corrected chi connectivity index (χ0v) is 11.6. The molecule has 2 aromatic rings. The van der Waals surface area contributed by atoms with Crippen LogP contribution < -0.4 is 11.1 Å². The average Bonchev–Trinajstić information content (AvgIpc) is 2.46. The van der Waals surface area contributed by atoms with E-state index in [1.165, 1.54) is 18.4 Å². The number of carbonyl (C=O) groups is 1. The topological polar surface area (TPSA) is 68.0 Å². The van der Waals surface area contributed by atoms with Crippen LogP contribution in [0.25, 0.3) is 0 Å². The van der Waals surface area contributed by atoms with Crippen molar-refractivity contribution in [1.82, 2.24) is 4.98 Å². The van der Waals surface area contributed by atoms with E-state index in [-0.39, 0.29) is 5.91 Å². The second-order valence-electron chi connectivity index (χ2n) is 4.70. The first-order chi connectivity index (χ1) is 9.69. The number of hydrogen-bond acceptors (Lipinski definition) is 3. The highest BCUT2D eigenvalue weighted by Gasteiger charge is 2.07. The number of pyridine rings is 1. The van der Waals surface area contributed by atoms with E-state index in [2.05, 4.69) is 17.2 Å². The molecule has 0 spiro atoms. The number of aromatic nitrogens is 1. The molecular weight excluding hydrogens is 250 g/mol. The summed E-state index contributed by atoms with van der Waals surface area (Å²) < 4.78 is 0. The SMILES string of the molecule is CCCCc1ccc(NC(=O)c2cccc(N)n2)cc1. The van der Waals surface area contributed by atoms with Crippen molar-refractivity contribution in [2.45, 2.75) is 26.2 Å². The van der Waals surface area contributed by atoms with Crippen LogP contribution in [0.4, 0.5) is 11.5 Å². The molecule has 1 aromatic carbocycles. The molecule has 104 valence electrons. The van der Waals surface area contributed by atoms with Gasteiger partial charge in [0.25, 0.3) is 5.91 Å². The van der Waals surface area contributed by atoms with Gasteiger partial charge >= 0.3 is 0 Å². The van der Waals surface area contributed by atoms with E-state index in [0.29, 0.717) is 11.5 Å². The number of amides is 1. The number of anilines is 2. The molecule has 0 radical (unpaired) electrons. The molecule has 2 rings (SSSR count). The van der Waals surface area contributed by atoms with Crippen LogP contribution in [-0.4, -0.2) is 10.9 Å². The zero-order chi connectivity index (χ0) is 14.4. The molecule has 0 aliphatic rings. The van der Waals surface area contributed by atoms with Gasteiger partial charge in [0.2, 0.25) is 0 Å². The lowest BCUT2D eigenvalue weighted by molar-refractivity contribution is 0.102. The lowest BCUT2D eigenvalue weighted by atomic mass is 10.1.